The molecular formula is C28H30ClN5O4S. The van der Waals surface area contributed by atoms with Crippen LogP contribution in [-0.2, 0) is 22.6 Å². The van der Waals surface area contributed by atoms with Crippen LogP contribution >= 0.6 is 22.9 Å². The molecule has 0 bridgehead atoms. The topological polar surface area (TPSA) is 106 Å². The molecule has 1 spiro atoms. The number of carbonyl (C=O) groups is 3. The second-order valence-corrected chi connectivity index (χ2v) is 12.2. The quantitative estimate of drug-likeness (QED) is 0.356. The Morgan fingerprint density at radius 1 is 1.21 bits per heavy atom. The van der Waals surface area contributed by atoms with Crippen molar-refractivity contribution in [3.63, 3.8) is 0 Å². The molecular weight excluding hydrogens is 538 g/mol. The van der Waals surface area contributed by atoms with Gasteiger partial charge in [-0.15, -0.1) is 11.3 Å². The number of thiophene rings is 1. The number of fused-ring (bicyclic) bond motifs is 2. The molecule has 3 fully saturated rings. The number of likely N-dealkylation sites (N-methyl/N-ethyl adjacent to an activating group) is 1. The van der Waals surface area contributed by atoms with Gasteiger partial charge < -0.3 is 20.2 Å². The third-order valence-electron chi connectivity index (χ3n) is 8.54. The lowest BCUT2D eigenvalue weighted by atomic mass is 9.76. The van der Waals surface area contributed by atoms with Gasteiger partial charge in [0.05, 0.1) is 22.8 Å². The van der Waals surface area contributed by atoms with Gasteiger partial charge in [-0.25, -0.2) is 4.79 Å². The summed E-state index contributed by atoms with van der Waals surface area (Å²) >= 11 is 8.26. The van der Waals surface area contributed by atoms with E-state index in [1.165, 1.54) is 16.2 Å². The minimum atomic E-state index is -0.614. The number of urea groups is 1. The highest BCUT2D eigenvalue weighted by molar-refractivity contribution is 7.19. The molecule has 2 N–H and O–H groups in total. The van der Waals surface area contributed by atoms with Crippen LogP contribution in [0, 0.1) is 0 Å². The molecule has 1 saturated carbocycles. The lowest BCUT2D eigenvalue weighted by Crippen LogP contribution is -2.58. The third-order valence-corrected chi connectivity index (χ3v) is 9.90. The highest BCUT2D eigenvalue weighted by atomic mass is 35.5. The summed E-state index contributed by atoms with van der Waals surface area (Å²) < 4.78 is 1.07. The van der Waals surface area contributed by atoms with Crippen molar-refractivity contribution >= 4 is 57.3 Å². The standard InChI is InChI=1S/C27H28ClN5O2S.CH2O2/c1-31-26(35)33(25(34)27(31)6-3-7-27)15-19-12-22-24(36-19)20(5-8-30-22)21-11-17(28)10-16-4-2-9-32(23(16)21)18-13-29-14-18;2-1-3/h5,8,10-12,18,29H,2-4,6-7,9,13-15H2,1H3;1H,(H,2,3). The van der Waals surface area contributed by atoms with Crippen LogP contribution in [0.5, 0.6) is 0 Å². The summed E-state index contributed by atoms with van der Waals surface area (Å²) in [5, 5.41) is 11.1. The molecule has 1 aliphatic carbocycles. The number of carbonyl (C=O) groups excluding carboxylic acids is 2. The van der Waals surface area contributed by atoms with Gasteiger partial charge >= 0.3 is 6.03 Å². The largest absolute Gasteiger partial charge is 0.483 e. The first kappa shape index (κ1) is 26.0. The zero-order valence-corrected chi connectivity index (χ0v) is 23.2. The molecule has 39 heavy (non-hydrogen) atoms. The Kier molecular flexibility index (Phi) is 6.73. The highest BCUT2D eigenvalue weighted by Gasteiger charge is 2.58. The molecule has 9 nitrogen and oxygen atoms in total. The Morgan fingerprint density at radius 3 is 2.62 bits per heavy atom. The third kappa shape index (κ3) is 4.16. The number of nitrogens with one attached hydrogen (secondary N) is 1. The van der Waals surface area contributed by atoms with Gasteiger partial charge in [-0.3, -0.25) is 19.5 Å². The Hall–Kier alpha value is -3.21. The van der Waals surface area contributed by atoms with E-state index in [9.17, 15) is 9.59 Å². The van der Waals surface area contributed by atoms with Crippen molar-refractivity contribution in [3.8, 4) is 11.1 Å². The molecule has 0 atom stereocenters. The van der Waals surface area contributed by atoms with E-state index in [0.717, 1.165) is 83.0 Å². The number of hydrogen-bond acceptors (Lipinski definition) is 7. The molecule has 2 saturated heterocycles. The summed E-state index contributed by atoms with van der Waals surface area (Å²) in [5.41, 5.74) is 5.13. The summed E-state index contributed by atoms with van der Waals surface area (Å²) in [6, 6.07) is 8.61. The average Bonchev–Trinajstić information content (AvgIpc) is 3.35. The first-order chi connectivity index (χ1) is 18.9. The fourth-order valence-corrected chi connectivity index (χ4v) is 7.65. The predicted octanol–water partition coefficient (Wildman–Crippen LogP) is 4.36. The second kappa shape index (κ2) is 10.1. The van der Waals surface area contributed by atoms with E-state index < -0.39 is 5.54 Å². The normalized spacial score (nSPS) is 20.0. The van der Waals surface area contributed by atoms with Crippen LogP contribution in [0.3, 0.4) is 0 Å². The maximum absolute atomic E-state index is 13.2. The van der Waals surface area contributed by atoms with Crippen molar-refractivity contribution in [3.05, 3.63) is 45.9 Å². The average molecular weight is 568 g/mol. The number of benzene rings is 1. The van der Waals surface area contributed by atoms with Crippen LogP contribution in [0.15, 0.2) is 30.5 Å². The molecule has 1 aromatic carbocycles. The summed E-state index contributed by atoms with van der Waals surface area (Å²) in [6.07, 6.45) is 6.52. The maximum atomic E-state index is 13.2. The first-order valence-corrected chi connectivity index (χ1v) is 14.4. The number of halogens is 1. The number of hydrogen-bond donors (Lipinski definition) is 2. The number of amides is 3. The number of pyridine rings is 1. The van der Waals surface area contributed by atoms with Gasteiger partial charge in [-0.05, 0) is 61.9 Å². The number of rotatable bonds is 4. The fourth-order valence-electron chi connectivity index (χ4n) is 6.28. The summed E-state index contributed by atoms with van der Waals surface area (Å²) in [7, 11) is 1.76. The molecule has 7 rings (SSSR count). The first-order valence-electron chi connectivity index (χ1n) is 13.2. The van der Waals surface area contributed by atoms with Gasteiger partial charge in [0.15, 0.2) is 0 Å². The number of anilines is 1. The van der Waals surface area contributed by atoms with Crippen molar-refractivity contribution in [2.75, 3.05) is 31.6 Å². The second-order valence-electron chi connectivity index (χ2n) is 10.6. The van der Waals surface area contributed by atoms with Gasteiger partial charge in [0.1, 0.15) is 5.54 Å². The summed E-state index contributed by atoms with van der Waals surface area (Å²) in [4.78, 5) is 45.8. The lowest BCUT2D eigenvalue weighted by Gasteiger charge is -2.44. The summed E-state index contributed by atoms with van der Waals surface area (Å²) in [6.45, 7) is 3.10. The van der Waals surface area contributed by atoms with E-state index in [2.05, 4.69) is 33.4 Å². The maximum Gasteiger partial charge on any atom is 0.327 e. The van der Waals surface area contributed by atoms with Crippen LogP contribution in [0.25, 0.3) is 21.3 Å². The van der Waals surface area contributed by atoms with Crippen molar-refractivity contribution in [1.82, 2.24) is 20.1 Å². The predicted molar refractivity (Wildman–Crippen MR) is 151 cm³/mol. The van der Waals surface area contributed by atoms with Crippen molar-refractivity contribution < 1.29 is 19.5 Å². The number of imide groups is 1. The van der Waals surface area contributed by atoms with E-state index in [0.29, 0.717) is 6.04 Å². The molecule has 0 radical (unpaired) electrons. The van der Waals surface area contributed by atoms with E-state index in [-0.39, 0.29) is 25.0 Å². The molecule has 11 heteroatoms. The zero-order valence-electron chi connectivity index (χ0n) is 21.7. The van der Waals surface area contributed by atoms with Gasteiger partial charge in [0, 0.05) is 59.6 Å². The van der Waals surface area contributed by atoms with Gasteiger partial charge in [0.2, 0.25) is 0 Å². The zero-order chi connectivity index (χ0) is 27.3. The van der Waals surface area contributed by atoms with Gasteiger partial charge in [-0.1, -0.05) is 11.6 Å². The molecule has 3 amide bonds. The van der Waals surface area contributed by atoms with Crippen LogP contribution in [0.2, 0.25) is 5.02 Å². The molecule has 4 aliphatic rings. The number of carboxylic acid groups (broad SMARTS) is 1. The molecule has 3 aliphatic heterocycles. The van der Waals surface area contributed by atoms with Gasteiger partial charge in [0.25, 0.3) is 12.4 Å². The Labute approximate surface area is 235 Å². The SMILES string of the molecule is CN1C(=O)N(Cc2cc3nccc(-c4cc(Cl)cc5c4N(C4CNC4)CCC5)c3s2)C(=O)C12CCC2.O=CO. The molecule has 0 unspecified atom stereocenters. The lowest BCUT2D eigenvalue weighted by molar-refractivity contribution is -0.137. The van der Waals surface area contributed by atoms with Gasteiger partial charge in [-0.2, -0.15) is 0 Å². The van der Waals surface area contributed by atoms with E-state index >= 15 is 0 Å². The van der Waals surface area contributed by atoms with Crippen molar-refractivity contribution in [2.24, 2.45) is 0 Å². The number of nitrogens with zero attached hydrogens (tertiary/aromatic N) is 4. The summed E-state index contributed by atoms with van der Waals surface area (Å²) in [5.74, 6) is -0.0550. The van der Waals surface area contributed by atoms with Crippen LogP contribution in [0.1, 0.15) is 36.1 Å². The number of aryl methyl sites for hydroxylation is 1. The monoisotopic (exact) mass is 567 g/mol. The molecule has 5 heterocycles. The molecule has 3 aromatic rings. The Bertz CT molecular complexity index is 1470. The minimum absolute atomic E-state index is 0.0550. The molecule has 2 aromatic heterocycles. The molecule has 204 valence electrons. The van der Waals surface area contributed by atoms with E-state index in [1.807, 2.05) is 12.3 Å². The van der Waals surface area contributed by atoms with E-state index in [1.54, 1.807) is 23.3 Å². The van der Waals surface area contributed by atoms with Crippen molar-refractivity contribution in [2.45, 2.75) is 50.2 Å². The van der Waals surface area contributed by atoms with Crippen LogP contribution in [0.4, 0.5) is 10.5 Å². The van der Waals surface area contributed by atoms with Crippen molar-refractivity contribution in [1.29, 1.82) is 0 Å². The number of aromatic nitrogens is 1. The minimum Gasteiger partial charge on any atom is -0.483 e. The smallest absolute Gasteiger partial charge is 0.327 e. The van der Waals surface area contributed by atoms with Crippen LogP contribution < -0.4 is 10.2 Å². The Balaban J connectivity index is 0.000000883. The van der Waals surface area contributed by atoms with E-state index in [4.69, 9.17) is 21.5 Å². The highest BCUT2D eigenvalue weighted by Crippen LogP contribution is 2.46. The fraction of sp³-hybridized carbons (Fsp3) is 0.429. The Morgan fingerprint density at radius 2 is 1.97 bits per heavy atom. The van der Waals surface area contributed by atoms with Crippen LogP contribution in [-0.4, -0.2) is 76.6 Å².